The third-order valence-electron chi connectivity index (χ3n) is 2.90. The first kappa shape index (κ1) is 21.3. The summed E-state index contributed by atoms with van der Waals surface area (Å²) in [6.07, 6.45) is 2.79. The van der Waals surface area contributed by atoms with Crippen molar-refractivity contribution in [1.82, 2.24) is 9.97 Å². The molecule has 2 rings (SSSR count). The van der Waals surface area contributed by atoms with Gasteiger partial charge in [0.15, 0.2) is 0 Å². The summed E-state index contributed by atoms with van der Waals surface area (Å²) in [6.45, 7) is 2.39. The topological polar surface area (TPSA) is 185 Å². The van der Waals surface area contributed by atoms with E-state index < -0.39 is 35.0 Å². The van der Waals surface area contributed by atoms with Crippen LogP contribution in [0.2, 0.25) is 0 Å². The average Bonchev–Trinajstić information content (AvgIpc) is 2.55. The number of nitrogens with zero attached hydrogens (tertiary/aromatic N) is 2. The summed E-state index contributed by atoms with van der Waals surface area (Å²) in [4.78, 5) is 37.2. The summed E-state index contributed by atoms with van der Waals surface area (Å²) in [6, 6.07) is 3.54. The molecule has 1 amide bonds. The maximum Gasteiger partial charge on any atom is 0.250 e. The number of anilines is 1. The van der Waals surface area contributed by atoms with Crippen molar-refractivity contribution in [2.45, 2.75) is 13.8 Å². The van der Waals surface area contributed by atoms with Gasteiger partial charge in [-0.15, -0.1) is 0 Å². The van der Waals surface area contributed by atoms with E-state index in [0.717, 1.165) is 19.1 Å². The molecule has 0 aliphatic rings. The molecule has 1 unspecified atom stereocenters. The number of rotatable bonds is 4. The molecule has 0 bridgehead atoms. The maximum atomic E-state index is 11.8. The van der Waals surface area contributed by atoms with Crippen molar-refractivity contribution in [1.29, 1.82) is 0 Å². The number of carbonyl (C=O) groups excluding carboxylic acids is 1. The molecule has 1 aromatic carbocycles. The normalized spacial score (nSPS) is 12.3. The number of hydrogen-bond acceptors (Lipinski definition) is 8. The van der Waals surface area contributed by atoms with Gasteiger partial charge < -0.3 is 4.98 Å². The minimum absolute atomic E-state index is 0.116. The van der Waals surface area contributed by atoms with Gasteiger partial charge in [0.25, 0.3) is 5.56 Å². The zero-order chi connectivity index (χ0) is 19.9. The number of H-pyrrole nitrogens is 1. The molecule has 13 heteroatoms. The standard InChI is InChI=1S/C9H11AsN2O7.C4H4N2O/c1-5-8(12(16)17)4-3-7(11-6(2)13)9(5)10(14,15)19-18;7-4-1-2-5-3-6-4/h3-4,18H,1-2H3,(H,11,13)(H,14,15);1-3H,(H,5,6,7). The molecule has 140 valence electrons. The summed E-state index contributed by atoms with van der Waals surface area (Å²) >= 11 is -5.37. The Hall–Kier alpha value is -2.79. The number of amides is 1. The summed E-state index contributed by atoms with van der Waals surface area (Å²) < 4.78 is 24.4. The predicted octanol–water partition coefficient (Wildman–Crippen LogP) is -0.310. The summed E-state index contributed by atoms with van der Waals surface area (Å²) in [5, 5.41) is 21.5. The van der Waals surface area contributed by atoms with Crippen LogP contribution in [0.15, 0.2) is 35.5 Å². The molecule has 1 aromatic heterocycles. The van der Waals surface area contributed by atoms with Gasteiger partial charge in [-0.05, 0) is 0 Å². The fourth-order valence-corrected chi connectivity index (χ4v) is 4.10. The fraction of sp³-hybridized carbons (Fsp3) is 0.154. The molecule has 1 heterocycles. The number of nitro groups is 1. The van der Waals surface area contributed by atoms with Crippen molar-refractivity contribution in [3.63, 3.8) is 0 Å². The first-order valence-electron chi connectivity index (χ1n) is 6.81. The van der Waals surface area contributed by atoms with Gasteiger partial charge in [0.05, 0.1) is 6.33 Å². The van der Waals surface area contributed by atoms with Crippen LogP contribution >= 0.6 is 0 Å². The van der Waals surface area contributed by atoms with Gasteiger partial charge in [-0.3, -0.25) is 4.79 Å². The monoisotopic (exact) mass is 430 g/mol. The number of aromatic amines is 1. The quantitative estimate of drug-likeness (QED) is 0.219. The van der Waals surface area contributed by atoms with E-state index in [1.807, 2.05) is 0 Å². The molecule has 26 heavy (non-hydrogen) atoms. The third kappa shape index (κ3) is 5.63. The van der Waals surface area contributed by atoms with Crippen LogP contribution in [0.25, 0.3) is 0 Å². The Kier molecular flexibility index (Phi) is 7.40. The number of hydrogen-bond donors (Lipinski definition) is 4. The van der Waals surface area contributed by atoms with Crippen molar-refractivity contribution in [2.24, 2.45) is 0 Å². The largest absolute Gasteiger partial charge is 0.313 e. The van der Waals surface area contributed by atoms with E-state index in [-0.39, 0.29) is 16.8 Å². The minimum Gasteiger partial charge on any atom is -0.313 e. The van der Waals surface area contributed by atoms with E-state index >= 15 is 0 Å². The number of benzene rings is 1. The molecule has 2 aromatic rings. The second-order valence-corrected chi connectivity index (χ2v) is 8.21. The number of carbonyl (C=O) groups is 1. The molecule has 0 fully saturated rings. The van der Waals surface area contributed by atoms with Gasteiger partial charge in [0, 0.05) is 12.3 Å². The Morgan fingerprint density at radius 1 is 1.42 bits per heavy atom. The average molecular weight is 430 g/mol. The molecule has 0 radical (unpaired) electrons. The second-order valence-electron chi connectivity index (χ2n) is 4.75. The third-order valence-corrected chi connectivity index (χ3v) is 5.76. The van der Waals surface area contributed by atoms with Gasteiger partial charge in [-0.25, -0.2) is 4.98 Å². The van der Waals surface area contributed by atoms with E-state index in [1.54, 1.807) is 0 Å². The van der Waals surface area contributed by atoms with Crippen LogP contribution in [0.5, 0.6) is 0 Å². The molecule has 12 nitrogen and oxygen atoms in total. The van der Waals surface area contributed by atoms with Gasteiger partial charge in [0.1, 0.15) is 0 Å². The van der Waals surface area contributed by atoms with E-state index in [9.17, 15) is 27.5 Å². The van der Waals surface area contributed by atoms with Crippen molar-refractivity contribution >= 4 is 35.8 Å². The predicted molar refractivity (Wildman–Crippen MR) is 89.0 cm³/mol. The van der Waals surface area contributed by atoms with Gasteiger partial charge in [-0.2, -0.15) is 0 Å². The number of nitro benzene ring substituents is 1. The van der Waals surface area contributed by atoms with Crippen molar-refractivity contribution in [3.05, 3.63) is 56.8 Å². The fourth-order valence-electron chi connectivity index (χ4n) is 1.89. The van der Waals surface area contributed by atoms with E-state index in [2.05, 4.69) is 19.2 Å². The molecular formula is C13H15AsN4O8. The second kappa shape index (κ2) is 9.06. The summed E-state index contributed by atoms with van der Waals surface area (Å²) in [5.74, 6) is -0.539. The summed E-state index contributed by atoms with van der Waals surface area (Å²) in [7, 11) is 0. The molecule has 0 aliphatic carbocycles. The summed E-state index contributed by atoms with van der Waals surface area (Å²) in [5.41, 5.74) is -0.809. The van der Waals surface area contributed by atoms with Crippen LogP contribution in [0.1, 0.15) is 12.5 Å². The van der Waals surface area contributed by atoms with E-state index in [4.69, 9.17) is 5.26 Å². The molecule has 0 saturated heterocycles. The van der Waals surface area contributed by atoms with Gasteiger partial charge >= 0.3 is 109 Å². The van der Waals surface area contributed by atoms with Crippen molar-refractivity contribution < 1.29 is 26.7 Å². The first-order chi connectivity index (χ1) is 12.1. The zero-order valence-electron chi connectivity index (χ0n) is 13.6. The maximum absolute atomic E-state index is 11.8. The van der Waals surface area contributed by atoms with Crippen LogP contribution in [0.3, 0.4) is 0 Å². The van der Waals surface area contributed by atoms with Crippen LogP contribution in [-0.2, 0) is 12.4 Å². The van der Waals surface area contributed by atoms with E-state index in [1.165, 1.54) is 25.5 Å². The molecule has 0 spiro atoms. The van der Waals surface area contributed by atoms with Crippen molar-refractivity contribution in [3.8, 4) is 0 Å². The molecule has 1 atom stereocenters. The van der Waals surface area contributed by atoms with Crippen molar-refractivity contribution in [2.75, 3.05) is 5.32 Å². The van der Waals surface area contributed by atoms with Crippen LogP contribution in [-0.4, -0.2) is 44.3 Å². The van der Waals surface area contributed by atoms with Gasteiger partial charge in [0.2, 0.25) is 0 Å². The molecule has 0 saturated carbocycles. The number of aromatic nitrogens is 2. The van der Waals surface area contributed by atoms with E-state index in [0.29, 0.717) is 0 Å². The smallest absolute Gasteiger partial charge is 0.250 e. The zero-order valence-corrected chi connectivity index (χ0v) is 15.4. The van der Waals surface area contributed by atoms with Gasteiger partial charge in [-0.1, -0.05) is 0 Å². The molecule has 4 N–H and O–H groups in total. The van der Waals surface area contributed by atoms with Crippen LogP contribution in [0, 0.1) is 17.0 Å². The Morgan fingerprint density at radius 3 is 2.46 bits per heavy atom. The Balaban J connectivity index is 0.000000401. The van der Waals surface area contributed by atoms with Crippen LogP contribution < -0.4 is 15.2 Å². The Bertz CT molecular complexity index is 896. The molecule has 0 aliphatic heterocycles. The Morgan fingerprint density at radius 2 is 2.08 bits per heavy atom. The number of nitrogens with one attached hydrogen (secondary N) is 2. The minimum atomic E-state index is -5.37. The Labute approximate surface area is 148 Å². The van der Waals surface area contributed by atoms with Crippen LogP contribution in [0.4, 0.5) is 11.4 Å². The molecular weight excluding hydrogens is 415 g/mol. The first-order valence-corrected chi connectivity index (χ1v) is 10.1. The SMILES string of the molecule is CC(=O)Nc1ccc([N+](=O)[O-])c(C)c1[As](=O)(O)OO.O=c1ccnc[nH]1.